The van der Waals surface area contributed by atoms with Gasteiger partial charge in [-0.3, -0.25) is 9.59 Å². The molecule has 2 atom stereocenters. The maximum atomic E-state index is 15.1. The Morgan fingerprint density at radius 1 is 1.03 bits per heavy atom. The molecular weight excluding hydrogens is 473 g/mol. The summed E-state index contributed by atoms with van der Waals surface area (Å²) in [6, 6.07) is 14.6. The number of ether oxygens (including phenoxy) is 2. The van der Waals surface area contributed by atoms with Gasteiger partial charge in [0.15, 0.2) is 0 Å². The highest BCUT2D eigenvalue weighted by Gasteiger charge is 2.51. The van der Waals surface area contributed by atoms with Gasteiger partial charge < -0.3 is 9.47 Å². The van der Waals surface area contributed by atoms with E-state index in [1.54, 1.807) is 50.2 Å². The van der Waals surface area contributed by atoms with Crippen LogP contribution in [0.1, 0.15) is 45.9 Å². The van der Waals surface area contributed by atoms with E-state index < -0.39 is 39.7 Å². The lowest BCUT2D eigenvalue weighted by Crippen LogP contribution is -2.48. The Labute approximate surface area is 203 Å². The van der Waals surface area contributed by atoms with Crippen molar-refractivity contribution in [1.29, 1.82) is 0 Å². The minimum absolute atomic E-state index is 0.00683. The third-order valence-electron chi connectivity index (χ3n) is 5.94. The normalized spacial score (nSPS) is 17.6. The first-order valence-electron chi connectivity index (χ1n) is 10.9. The summed E-state index contributed by atoms with van der Waals surface area (Å²) in [5.41, 5.74) is 0.745. The monoisotopic (exact) mass is 497 g/mol. The fraction of sp³-hybridized carbons (Fsp3) is 0.231. The Morgan fingerprint density at radius 2 is 1.69 bits per heavy atom. The number of aryl methyl sites for hydroxylation is 1. The molecule has 0 aliphatic carbocycles. The Morgan fingerprint density at radius 3 is 2.29 bits per heavy atom. The largest absolute Gasteiger partial charge is 0.497 e. The number of rotatable bonds is 6. The third kappa shape index (κ3) is 4.27. The first kappa shape index (κ1) is 24.4. The number of hydrogen-bond acceptors (Lipinski definition) is 6. The van der Waals surface area contributed by atoms with Gasteiger partial charge in [-0.2, -0.15) is 0 Å². The fourth-order valence-electron chi connectivity index (χ4n) is 4.27. The average Bonchev–Trinajstić information content (AvgIpc) is 2.84. The Hall–Kier alpha value is -3.72. The second kappa shape index (κ2) is 9.50. The second-order valence-corrected chi connectivity index (χ2v) is 9.88. The van der Waals surface area contributed by atoms with Gasteiger partial charge in [-0.05, 0) is 55.8 Å². The van der Waals surface area contributed by atoms with Crippen LogP contribution in [0.15, 0.2) is 71.6 Å². The zero-order valence-corrected chi connectivity index (χ0v) is 20.2. The van der Waals surface area contributed by atoms with E-state index in [0.29, 0.717) is 15.6 Å². The number of esters is 1. The fourth-order valence-corrected chi connectivity index (χ4v) is 5.83. The number of halogens is 1. The van der Waals surface area contributed by atoms with Gasteiger partial charge in [0.2, 0.25) is 0 Å². The number of benzene rings is 3. The molecule has 0 N–H and O–H groups in total. The number of nitrogens with zero attached hydrogens (tertiary/aromatic N) is 1. The minimum atomic E-state index is -4.46. The van der Waals surface area contributed by atoms with E-state index in [1.807, 2.05) is 0 Å². The average molecular weight is 498 g/mol. The van der Waals surface area contributed by atoms with Gasteiger partial charge in [0.25, 0.3) is 15.9 Å². The zero-order chi connectivity index (χ0) is 25.3. The molecule has 1 aliphatic heterocycles. The van der Waals surface area contributed by atoms with E-state index in [9.17, 15) is 18.0 Å². The SMILES string of the molecule is CCOC(=O)C1c2c(F)cccc2C(=O)N(S(=O)(=O)c2ccc(C)cc2)C1c1ccc(OC)cc1. The van der Waals surface area contributed by atoms with Crippen LogP contribution in [-0.4, -0.2) is 38.3 Å². The number of carbonyl (C=O) groups excluding carboxylic acids is 2. The van der Waals surface area contributed by atoms with Gasteiger partial charge in [-0.1, -0.05) is 35.9 Å². The molecule has 0 saturated carbocycles. The summed E-state index contributed by atoms with van der Waals surface area (Å²) in [5.74, 6) is -3.49. The number of hydrogen-bond donors (Lipinski definition) is 0. The van der Waals surface area contributed by atoms with Crippen LogP contribution in [0, 0.1) is 12.7 Å². The summed E-state index contributed by atoms with van der Waals surface area (Å²) in [4.78, 5) is 26.8. The number of methoxy groups -OCH3 is 1. The summed E-state index contributed by atoms with van der Waals surface area (Å²) in [7, 11) is -2.98. The number of amides is 1. The maximum absolute atomic E-state index is 15.1. The van der Waals surface area contributed by atoms with Gasteiger partial charge in [0.05, 0.1) is 24.7 Å². The van der Waals surface area contributed by atoms with Crippen LogP contribution in [0.25, 0.3) is 0 Å². The number of sulfonamides is 1. The molecule has 0 bridgehead atoms. The van der Waals surface area contributed by atoms with Crippen molar-refractivity contribution in [2.24, 2.45) is 0 Å². The van der Waals surface area contributed by atoms with E-state index in [1.165, 1.54) is 31.4 Å². The van der Waals surface area contributed by atoms with Gasteiger partial charge in [0, 0.05) is 11.1 Å². The standard InChI is InChI=1S/C26H24FNO6S/c1-4-34-26(30)23-22-20(6-5-7-21(22)27)25(29)28(24(23)17-10-12-18(33-3)13-11-17)35(31,32)19-14-8-16(2)9-15-19/h5-15,23-24H,4H2,1-3H3. The molecule has 1 amide bonds. The summed E-state index contributed by atoms with van der Waals surface area (Å²) in [6.45, 7) is 3.39. The van der Waals surface area contributed by atoms with E-state index in [4.69, 9.17) is 9.47 Å². The third-order valence-corrected chi connectivity index (χ3v) is 7.72. The Bertz CT molecular complexity index is 1370. The molecule has 182 valence electrons. The number of carbonyl (C=O) groups is 2. The van der Waals surface area contributed by atoms with Crippen molar-refractivity contribution in [1.82, 2.24) is 4.31 Å². The Balaban J connectivity index is 2.02. The van der Waals surface area contributed by atoms with Gasteiger partial charge in [-0.15, -0.1) is 0 Å². The molecule has 3 aromatic rings. The zero-order valence-electron chi connectivity index (χ0n) is 19.4. The van der Waals surface area contributed by atoms with Crippen molar-refractivity contribution in [3.8, 4) is 5.75 Å². The summed E-state index contributed by atoms with van der Waals surface area (Å²) in [6.07, 6.45) is 0. The molecule has 4 rings (SSSR count). The molecule has 0 aromatic heterocycles. The molecule has 1 heterocycles. The van der Waals surface area contributed by atoms with Crippen molar-refractivity contribution >= 4 is 21.9 Å². The van der Waals surface area contributed by atoms with Crippen molar-refractivity contribution in [3.63, 3.8) is 0 Å². The second-order valence-electron chi connectivity index (χ2n) is 8.07. The quantitative estimate of drug-likeness (QED) is 0.470. The molecule has 0 radical (unpaired) electrons. The minimum Gasteiger partial charge on any atom is -0.497 e. The highest BCUT2D eigenvalue weighted by atomic mass is 32.2. The first-order valence-corrected chi connectivity index (χ1v) is 12.4. The van der Waals surface area contributed by atoms with Crippen LogP contribution >= 0.6 is 0 Å². The van der Waals surface area contributed by atoms with E-state index >= 15 is 4.39 Å². The summed E-state index contributed by atoms with van der Waals surface area (Å²) >= 11 is 0. The molecule has 0 spiro atoms. The molecule has 3 aromatic carbocycles. The highest BCUT2D eigenvalue weighted by Crippen LogP contribution is 2.47. The van der Waals surface area contributed by atoms with E-state index in [-0.39, 0.29) is 22.6 Å². The lowest BCUT2D eigenvalue weighted by atomic mass is 9.80. The molecule has 2 unspecified atom stereocenters. The first-order chi connectivity index (χ1) is 16.7. The molecule has 7 nitrogen and oxygen atoms in total. The van der Waals surface area contributed by atoms with Crippen LogP contribution in [0.5, 0.6) is 5.75 Å². The van der Waals surface area contributed by atoms with E-state index in [2.05, 4.69) is 0 Å². The molecule has 0 fully saturated rings. The molecular formula is C26H24FNO6S. The maximum Gasteiger partial charge on any atom is 0.316 e. The molecule has 9 heteroatoms. The van der Waals surface area contributed by atoms with Crippen LogP contribution in [0.2, 0.25) is 0 Å². The lowest BCUT2D eigenvalue weighted by molar-refractivity contribution is -0.146. The molecule has 1 aliphatic rings. The van der Waals surface area contributed by atoms with Crippen LogP contribution in [0.4, 0.5) is 4.39 Å². The predicted octanol–water partition coefficient (Wildman–Crippen LogP) is 4.38. The smallest absolute Gasteiger partial charge is 0.316 e. The molecule has 35 heavy (non-hydrogen) atoms. The summed E-state index contributed by atoms with van der Waals surface area (Å²) < 4.78 is 54.0. The predicted molar refractivity (Wildman–Crippen MR) is 126 cm³/mol. The van der Waals surface area contributed by atoms with E-state index in [0.717, 1.165) is 11.6 Å². The highest BCUT2D eigenvalue weighted by molar-refractivity contribution is 7.89. The van der Waals surface area contributed by atoms with Gasteiger partial charge >= 0.3 is 5.97 Å². The van der Waals surface area contributed by atoms with Crippen LogP contribution in [0.3, 0.4) is 0 Å². The topological polar surface area (TPSA) is 90.0 Å². The van der Waals surface area contributed by atoms with Gasteiger partial charge in [-0.25, -0.2) is 17.1 Å². The van der Waals surface area contributed by atoms with Crippen LogP contribution in [-0.2, 0) is 19.6 Å². The molecule has 0 saturated heterocycles. The Kier molecular flexibility index (Phi) is 6.62. The summed E-state index contributed by atoms with van der Waals surface area (Å²) in [5, 5.41) is 0. The van der Waals surface area contributed by atoms with Crippen molar-refractivity contribution in [2.45, 2.75) is 30.7 Å². The van der Waals surface area contributed by atoms with Crippen molar-refractivity contribution in [2.75, 3.05) is 13.7 Å². The van der Waals surface area contributed by atoms with Crippen LogP contribution < -0.4 is 4.74 Å². The number of fused-ring (bicyclic) bond motifs is 1. The lowest BCUT2D eigenvalue weighted by Gasteiger charge is -2.40. The van der Waals surface area contributed by atoms with Gasteiger partial charge in [0.1, 0.15) is 17.5 Å². The van der Waals surface area contributed by atoms with Crippen molar-refractivity contribution < 1.29 is 31.9 Å². The van der Waals surface area contributed by atoms with Crippen molar-refractivity contribution in [3.05, 3.63) is 94.8 Å².